The van der Waals surface area contributed by atoms with E-state index in [2.05, 4.69) is 16.0 Å². The summed E-state index contributed by atoms with van der Waals surface area (Å²) in [6.45, 7) is 12.6. The first-order chi connectivity index (χ1) is 16.2. The Bertz CT molecular complexity index is 848. The van der Waals surface area contributed by atoms with E-state index in [-0.39, 0.29) is 18.3 Å². The lowest BCUT2D eigenvalue weighted by Crippen LogP contribution is -2.57. The highest BCUT2D eigenvalue weighted by atomic mass is 16.6. The molecule has 0 fully saturated rings. The van der Waals surface area contributed by atoms with Gasteiger partial charge in [-0.1, -0.05) is 58.0 Å². The van der Waals surface area contributed by atoms with Crippen molar-refractivity contribution in [2.75, 3.05) is 7.11 Å². The Balaban J connectivity index is 3.01. The number of amides is 3. The van der Waals surface area contributed by atoms with Gasteiger partial charge in [0.05, 0.1) is 7.11 Å². The van der Waals surface area contributed by atoms with Crippen LogP contribution in [0.4, 0.5) is 4.79 Å². The van der Waals surface area contributed by atoms with Gasteiger partial charge in [0.25, 0.3) is 0 Å². The Kier molecular flexibility index (Phi) is 11.7. The highest BCUT2D eigenvalue weighted by Crippen LogP contribution is 2.12. The van der Waals surface area contributed by atoms with Crippen molar-refractivity contribution in [1.82, 2.24) is 16.0 Å². The minimum atomic E-state index is -0.915. The molecule has 0 saturated heterocycles. The van der Waals surface area contributed by atoms with Crippen LogP contribution in [0.15, 0.2) is 30.3 Å². The summed E-state index contributed by atoms with van der Waals surface area (Å²) in [5.74, 6) is -1.77. The largest absolute Gasteiger partial charge is 0.467 e. The SMILES string of the molecule is COC(=O)[C@@H](Cc1ccccc1)NC(=O)[C@@H](CC(C)C)NC(=O)[C@H](NC(=O)OC(C)(C)C)C(C)C. The first-order valence-corrected chi connectivity index (χ1v) is 12.0. The number of ether oxygens (including phenoxy) is 2. The van der Waals surface area contributed by atoms with Crippen LogP contribution >= 0.6 is 0 Å². The van der Waals surface area contributed by atoms with E-state index in [1.165, 1.54) is 7.11 Å². The van der Waals surface area contributed by atoms with Crippen LogP contribution in [0.2, 0.25) is 0 Å². The molecule has 0 aliphatic heterocycles. The standard InChI is InChI=1S/C26H41N3O6/c1-16(2)14-19(27-23(31)21(17(3)4)29-25(33)35-26(5,6)7)22(30)28-20(24(32)34-8)15-18-12-10-9-11-13-18/h9-13,16-17,19-21H,14-15H2,1-8H3,(H,27,31)(H,28,30)(H,29,33)/t19-,20-,21-/m1/s1. The molecule has 3 atom stereocenters. The van der Waals surface area contributed by atoms with Crippen molar-refractivity contribution in [2.45, 2.75) is 85.0 Å². The van der Waals surface area contributed by atoms with Gasteiger partial charge in [-0.2, -0.15) is 0 Å². The van der Waals surface area contributed by atoms with Crippen molar-refractivity contribution in [3.05, 3.63) is 35.9 Å². The van der Waals surface area contributed by atoms with Crippen LogP contribution in [0.25, 0.3) is 0 Å². The summed E-state index contributed by atoms with van der Waals surface area (Å²) in [7, 11) is 1.26. The second-order valence-electron chi connectivity index (χ2n) is 10.3. The number of hydrogen-bond acceptors (Lipinski definition) is 6. The van der Waals surface area contributed by atoms with Gasteiger partial charge in [0, 0.05) is 6.42 Å². The van der Waals surface area contributed by atoms with Crippen LogP contribution in [0.1, 0.15) is 60.5 Å². The number of rotatable bonds is 11. The van der Waals surface area contributed by atoms with Gasteiger partial charge in [0.1, 0.15) is 23.7 Å². The summed E-state index contributed by atoms with van der Waals surface area (Å²) in [5, 5.41) is 8.07. The Morgan fingerprint density at radius 3 is 1.91 bits per heavy atom. The van der Waals surface area contributed by atoms with Gasteiger partial charge in [0.2, 0.25) is 11.8 Å². The van der Waals surface area contributed by atoms with Gasteiger partial charge < -0.3 is 25.4 Å². The van der Waals surface area contributed by atoms with Crippen LogP contribution in [-0.4, -0.2) is 54.7 Å². The van der Waals surface area contributed by atoms with E-state index in [9.17, 15) is 19.2 Å². The monoisotopic (exact) mass is 491 g/mol. The van der Waals surface area contributed by atoms with Crippen molar-refractivity contribution in [1.29, 1.82) is 0 Å². The molecule has 0 heterocycles. The molecule has 9 nitrogen and oxygen atoms in total. The van der Waals surface area contributed by atoms with E-state index in [0.29, 0.717) is 6.42 Å². The van der Waals surface area contributed by atoms with Crippen LogP contribution in [-0.2, 0) is 30.3 Å². The summed E-state index contributed by atoms with van der Waals surface area (Å²) >= 11 is 0. The fraction of sp³-hybridized carbons (Fsp3) is 0.615. The van der Waals surface area contributed by atoms with Crippen molar-refractivity contribution in [2.24, 2.45) is 11.8 Å². The van der Waals surface area contributed by atoms with Crippen LogP contribution in [0.5, 0.6) is 0 Å². The van der Waals surface area contributed by atoms with Crippen LogP contribution < -0.4 is 16.0 Å². The first kappa shape index (κ1) is 29.9. The van der Waals surface area contributed by atoms with E-state index >= 15 is 0 Å². The zero-order chi connectivity index (χ0) is 26.8. The van der Waals surface area contributed by atoms with E-state index in [1.807, 2.05) is 44.2 Å². The normalized spacial score (nSPS) is 14.0. The van der Waals surface area contributed by atoms with Crippen molar-refractivity contribution in [3.8, 4) is 0 Å². The van der Waals surface area contributed by atoms with Gasteiger partial charge in [-0.3, -0.25) is 9.59 Å². The molecular weight excluding hydrogens is 450 g/mol. The highest BCUT2D eigenvalue weighted by Gasteiger charge is 2.32. The molecule has 0 bridgehead atoms. The van der Waals surface area contributed by atoms with Gasteiger partial charge >= 0.3 is 12.1 Å². The molecule has 0 aliphatic carbocycles. The molecular formula is C26H41N3O6. The number of esters is 1. The molecule has 0 aliphatic rings. The van der Waals surface area contributed by atoms with Crippen molar-refractivity contribution in [3.63, 3.8) is 0 Å². The fourth-order valence-corrected chi connectivity index (χ4v) is 3.39. The third kappa shape index (κ3) is 11.2. The summed E-state index contributed by atoms with van der Waals surface area (Å²) in [5.41, 5.74) is 0.137. The third-order valence-electron chi connectivity index (χ3n) is 5.05. The number of methoxy groups -OCH3 is 1. The van der Waals surface area contributed by atoms with Crippen molar-refractivity contribution >= 4 is 23.9 Å². The molecule has 1 rings (SSSR count). The van der Waals surface area contributed by atoms with Gasteiger partial charge in [-0.15, -0.1) is 0 Å². The summed E-state index contributed by atoms with van der Waals surface area (Å²) in [6.07, 6.45) is -0.130. The summed E-state index contributed by atoms with van der Waals surface area (Å²) in [4.78, 5) is 50.9. The second kappa shape index (κ2) is 13.7. The molecule has 35 heavy (non-hydrogen) atoms. The average Bonchev–Trinajstić information content (AvgIpc) is 2.74. The number of hydrogen-bond donors (Lipinski definition) is 3. The highest BCUT2D eigenvalue weighted by molar-refractivity contribution is 5.93. The molecule has 0 aromatic heterocycles. The Labute approximate surface area is 208 Å². The maximum absolute atomic E-state index is 13.2. The van der Waals surface area contributed by atoms with Crippen LogP contribution in [0.3, 0.4) is 0 Å². The second-order valence-corrected chi connectivity index (χ2v) is 10.3. The Morgan fingerprint density at radius 2 is 1.43 bits per heavy atom. The van der Waals surface area contributed by atoms with E-state index in [4.69, 9.17) is 9.47 Å². The van der Waals surface area contributed by atoms with E-state index < -0.39 is 47.6 Å². The molecule has 0 radical (unpaired) electrons. The zero-order valence-corrected chi connectivity index (χ0v) is 22.1. The lowest BCUT2D eigenvalue weighted by molar-refractivity contribution is -0.145. The number of carbonyl (C=O) groups is 4. The summed E-state index contributed by atoms with van der Waals surface area (Å²) in [6, 6.07) is 6.52. The fourth-order valence-electron chi connectivity index (χ4n) is 3.39. The maximum Gasteiger partial charge on any atom is 0.408 e. The Hall–Kier alpha value is -3.10. The number of benzene rings is 1. The molecule has 3 N–H and O–H groups in total. The molecule has 1 aromatic rings. The molecule has 0 spiro atoms. The van der Waals surface area contributed by atoms with Gasteiger partial charge in [0.15, 0.2) is 0 Å². The first-order valence-electron chi connectivity index (χ1n) is 12.0. The van der Waals surface area contributed by atoms with Gasteiger partial charge in [-0.05, 0) is 44.6 Å². The molecule has 0 unspecified atom stereocenters. The lowest BCUT2D eigenvalue weighted by atomic mass is 9.99. The zero-order valence-electron chi connectivity index (χ0n) is 22.1. The lowest BCUT2D eigenvalue weighted by Gasteiger charge is -2.28. The van der Waals surface area contributed by atoms with Gasteiger partial charge in [-0.25, -0.2) is 9.59 Å². The number of alkyl carbamates (subject to hydrolysis) is 1. The predicted molar refractivity (Wildman–Crippen MR) is 133 cm³/mol. The maximum atomic E-state index is 13.2. The molecule has 3 amide bonds. The quantitative estimate of drug-likeness (QED) is 0.409. The summed E-state index contributed by atoms with van der Waals surface area (Å²) < 4.78 is 10.2. The molecule has 196 valence electrons. The smallest absolute Gasteiger partial charge is 0.408 e. The number of nitrogens with one attached hydrogen (secondary N) is 3. The van der Waals surface area contributed by atoms with E-state index in [1.54, 1.807) is 34.6 Å². The minimum Gasteiger partial charge on any atom is -0.467 e. The predicted octanol–water partition coefficient (Wildman–Crippen LogP) is 2.97. The Morgan fingerprint density at radius 1 is 0.857 bits per heavy atom. The minimum absolute atomic E-state index is 0.0769. The third-order valence-corrected chi connectivity index (χ3v) is 5.05. The molecule has 9 heteroatoms. The van der Waals surface area contributed by atoms with Crippen molar-refractivity contribution < 1.29 is 28.7 Å². The number of carbonyl (C=O) groups excluding carboxylic acids is 4. The van der Waals surface area contributed by atoms with E-state index in [0.717, 1.165) is 5.56 Å². The average molecular weight is 492 g/mol. The topological polar surface area (TPSA) is 123 Å². The molecule has 1 aromatic carbocycles. The molecule has 0 saturated carbocycles. The van der Waals surface area contributed by atoms with Crippen LogP contribution in [0, 0.1) is 11.8 Å².